The van der Waals surface area contributed by atoms with E-state index in [-0.39, 0.29) is 0 Å². The van der Waals surface area contributed by atoms with Gasteiger partial charge in [-0.25, -0.2) is 0 Å². The monoisotopic (exact) mass is 335 g/mol. The van der Waals surface area contributed by atoms with E-state index in [1.807, 2.05) is 0 Å². The minimum absolute atomic E-state index is 0.608. The zero-order chi connectivity index (χ0) is 16.9. The third-order valence-electron chi connectivity index (χ3n) is 5.76. The van der Waals surface area contributed by atoms with Crippen molar-refractivity contribution in [3.8, 4) is 0 Å². The van der Waals surface area contributed by atoms with Gasteiger partial charge in [0, 0.05) is 57.8 Å². The summed E-state index contributed by atoms with van der Waals surface area (Å²) in [6.07, 6.45) is 1.27. The van der Waals surface area contributed by atoms with Crippen LogP contribution in [0.5, 0.6) is 0 Å². The Labute approximate surface area is 151 Å². The van der Waals surface area contributed by atoms with Gasteiger partial charge in [-0.2, -0.15) is 0 Å². The molecule has 1 N–H and O–H groups in total. The summed E-state index contributed by atoms with van der Waals surface area (Å²) in [5.41, 5.74) is 2.93. The van der Waals surface area contributed by atoms with Crippen LogP contribution in [0.2, 0.25) is 0 Å². The minimum atomic E-state index is 0.608. The number of nitrogens with zero attached hydrogens (tertiary/aromatic N) is 2. The van der Waals surface area contributed by atoms with E-state index in [0.717, 1.165) is 26.2 Å². The van der Waals surface area contributed by atoms with Crippen LogP contribution in [0.15, 0.2) is 60.7 Å². The van der Waals surface area contributed by atoms with Crippen molar-refractivity contribution in [1.29, 1.82) is 0 Å². The SMILES string of the molecule is c1ccc(CN2CC[C@@H](N3CCNCC3)[C@@H](c3ccccc3)C2)cc1. The van der Waals surface area contributed by atoms with Gasteiger partial charge in [-0.3, -0.25) is 9.80 Å². The van der Waals surface area contributed by atoms with Crippen molar-refractivity contribution < 1.29 is 0 Å². The second kappa shape index (κ2) is 8.13. The van der Waals surface area contributed by atoms with Crippen LogP contribution in [-0.2, 0) is 6.54 Å². The molecular weight excluding hydrogens is 306 g/mol. The van der Waals surface area contributed by atoms with Gasteiger partial charge in [0.25, 0.3) is 0 Å². The maximum atomic E-state index is 3.50. The molecule has 0 aliphatic carbocycles. The molecule has 0 spiro atoms. The third-order valence-corrected chi connectivity index (χ3v) is 5.76. The van der Waals surface area contributed by atoms with Crippen molar-refractivity contribution in [3.63, 3.8) is 0 Å². The van der Waals surface area contributed by atoms with Crippen LogP contribution in [0.4, 0.5) is 0 Å². The number of hydrogen-bond acceptors (Lipinski definition) is 3. The number of rotatable bonds is 4. The predicted octanol–water partition coefficient (Wildman–Crippen LogP) is 2.95. The molecule has 2 saturated heterocycles. The molecule has 2 aliphatic heterocycles. The Morgan fingerprint density at radius 3 is 2.24 bits per heavy atom. The van der Waals surface area contributed by atoms with Crippen molar-refractivity contribution in [1.82, 2.24) is 15.1 Å². The standard InChI is InChI=1S/C22H29N3/c1-3-7-19(8-4-1)17-24-14-11-22(25-15-12-23-13-16-25)21(18-24)20-9-5-2-6-10-20/h1-10,21-23H,11-18H2/t21-,22-/m1/s1. The second-order valence-electron chi connectivity index (χ2n) is 7.38. The fraction of sp³-hybridized carbons (Fsp3) is 0.455. The Morgan fingerprint density at radius 1 is 0.840 bits per heavy atom. The first-order valence-electron chi connectivity index (χ1n) is 9.66. The average Bonchev–Trinajstić information content (AvgIpc) is 2.70. The highest BCUT2D eigenvalue weighted by Crippen LogP contribution is 2.32. The molecule has 3 heteroatoms. The lowest BCUT2D eigenvalue weighted by Gasteiger charge is -2.45. The molecule has 4 rings (SSSR count). The third kappa shape index (κ3) is 4.12. The summed E-state index contributed by atoms with van der Waals surface area (Å²) in [5, 5.41) is 3.50. The van der Waals surface area contributed by atoms with Crippen LogP contribution in [0.3, 0.4) is 0 Å². The van der Waals surface area contributed by atoms with E-state index >= 15 is 0 Å². The molecule has 0 bridgehead atoms. The van der Waals surface area contributed by atoms with E-state index in [4.69, 9.17) is 0 Å². The van der Waals surface area contributed by atoms with Crippen molar-refractivity contribution in [2.75, 3.05) is 39.3 Å². The Morgan fingerprint density at radius 2 is 1.52 bits per heavy atom. The summed E-state index contributed by atoms with van der Waals surface area (Å²) >= 11 is 0. The van der Waals surface area contributed by atoms with Crippen LogP contribution < -0.4 is 5.32 Å². The highest BCUT2D eigenvalue weighted by atomic mass is 15.2. The number of benzene rings is 2. The quantitative estimate of drug-likeness (QED) is 0.927. The Hall–Kier alpha value is -1.68. The highest BCUT2D eigenvalue weighted by Gasteiger charge is 2.34. The molecule has 25 heavy (non-hydrogen) atoms. The van der Waals surface area contributed by atoms with Gasteiger partial charge in [0.15, 0.2) is 0 Å². The highest BCUT2D eigenvalue weighted by molar-refractivity contribution is 5.23. The molecule has 0 aromatic heterocycles. The van der Waals surface area contributed by atoms with E-state index in [0.29, 0.717) is 12.0 Å². The van der Waals surface area contributed by atoms with Crippen LogP contribution >= 0.6 is 0 Å². The van der Waals surface area contributed by atoms with E-state index in [2.05, 4.69) is 75.8 Å². The fourth-order valence-corrected chi connectivity index (χ4v) is 4.47. The van der Waals surface area contributed by atoms with E-state index in [1.54, 1.807) is 0 Å². The van der Waals surface area contributed by atoms with Gasteiger partial charge in [0.05, 0.1) is 0 Å². The summed E-state index contributed by atoms with van der Waals surface area (Å²) in [7, 11) is 0. The second-order valence-corrected chi connectivity index (χ2v) is 7.38. The van der Waals surface area contributed by atoms with Gasteiger partial charge in [-0.05, 0) is 17.5 Å². The van der Waals surface area contributed by atoms with Crippen LogP contribution in [-0.4, -0.2) is 55.1 Å². The summed E-state index contributed by atoms with van der Waals surface area (Å²) in [6.45, 7) is 8.07. The number of likely N-dealkylation sites (tertiary alicyclic amines) is 1. The van der Waals surface area contributed by atoms with Crippen molar-refractivity contribution in [2.24, 2.45) is 0 Å². The largest absolute Gasteiger partial charge is 0.314 e. The molecule has 2 heterocycles. The van der Waals surface area contributed by atoms with Crippen molar-refractivity contribution in [3.05, 3.63) is 71.8 Å². The summed E-state index contributed by atoms with van der Waals surface area (Å²) < 4.78 is 0. The summed E-state index contributed by atoms with van der Waals surface area (Å²) in [5.74, 6) is 0.608. The minimum Gasteiger partial charge on any atom is -0.314 e. The molecule has 2 atom stereocenters. The first-order chi connectivity index (χ1) is 12.4. The van der Waals surface area contributed by atoms with Crippen molar-refractivity contribution in [2.45, 2.75) is 24.9 Å². The van der Waals surface area contributed by atoms with E-state index in [1.165, 1.54) is 37.2 Å². The molecule has 2 fully saturated rings. The van der Waals surface area contributed by atoms with Crippen molar-refractivity contribution >= 4 is 0 Å². The topological polar surface area (TPSA) is 18.5 Å². The van der Waals surface area contributed by atoms with Gasteiger partial charge >= 0.3 is 0 Å². The fourth-order valence-electron chi connectivity index (χ4n) is 4.47. The summed E-state index contributed by atoms with van der Waals surface area (Å²) in [4.78, 5) is 5.37. The number of piperazine rings is 1. The molecule has 0 unspecified atom stereocenters. The van der Waals surface area contributed by atoms with Gasteiger partial charge in [0.2, 0.25) is 0 Å². The zero-order valence-electron chi connectivity index (χ0n) is 15.0. The van der Waals surface area contributed by atoms with E-state index < -0.39 is 0 Å². The number of hydrogen-bond donors (Lipinski definition) is 1. The van der Waals surface area contributed by atoms with Crippen LogP contribution in [0.25, 0.3) is 0 Å². The molecule has 3 nitrogen and oxygen atoms in total. The molecule has 2 aromatic carbocycles. The summed E-state index contributed by atoms with van der Waals surface area (Å²) in [6, 6.07) is 22.8. The Bertz CT molecular complexity index is 637. The lowest BCUT2D eigenvalue weighted by atomic mass is 9.84. The molecule has 132 valence electrons. The molecule has 0 radical (unpaired) electrons. The van der Waals surface area contributed by atoms with Gasteiger partial charge in [-0.1, -0.05) is 60.7 Å². The lowest BCUT2D eigenvalue weighted by Crippen LogP contribution is -2.55. The molecule has 2 aliphatic rings. The van der Waals surface area contributed by atoms with Gasteiger partial charge < -0.3 is 5.32 Å². The van der Waals surface area contributed by atoms with Gasteiger partial charge in [0.1, 0.15) is 0 Å². The first kappa shape index (κ1) is 16.8. The lowest BCUT2D eigenvalue weighted by molar-refractivity contribution is 0.0752. The van der Waals surface area contributed by atoms with Crippen LogP contribution in [0.1, 0.15) is 23.5 Å². The molecular formula is C22H29N3. The van der Waals surface area contributed by atoms with E-state index in [9.17, 15) is 0 Å². The Balaban J connectivity index is 1.51. The molecule has 0 saturated carbocycles. The average molecular weight is 335 g/mol. The molecule has 2 aromatic rings. The van der Waals surface area contributed by atoms with Crippen LogP contribution in [0, 0.1) is 0 Å². The maximum Gasteiger partial charge on any atom is 0.0234 e. The number of piperidine rings is 1. The molecule has 0 amide bonds. The number of nitrogens with one attached hydrogen (secondary N) is 1. The zero-order valence-corrected chi connectivity index (χ0v) is 15.0. The maximum absolute atomic E-state index is 3.50. The predicted molar refractivity (Wildman–Crippen MR) is 104 cm³/mol. The van der Waals surface area contributed by atoms with Gasteiger partial charge in [-0.15, -0.1) is 0 Å². The normalized spacial score (nSPS) is 25.8. The Kier molecular flexibility index (Phi) is 5.46. The first-order valence-corrected chi connectivity index (χ1v) is 9.66. The smallest absolute Gasteiger partial charge is 0.0234 e.